The molecular formula is C13H22O4. The molecule has 0 radical (unpaired) electrons. The summed E-state index contributed by atoms with van der Waals surface area (Å²) in [5, 5.41) is 7.60. The minimum atomic E-state index is -0.981. The van der Waals surface area contributed by atoms with Crippen molar-refractivity contribution >= 4 is 11.9 Å². The average molecular weight is 242 g/mol. The maximum atomic E-state index is 10.7. The molecule has 1 N–H and O–H groups in total. The number of rotatable bonds is 7. The lowest BCUT2D eigenvalue weighted by molar-refractivity contribution is -0.142. The highest BCUT2D eigenvalue weighted by Gasteiger charge is 2.04. The number of unbranched alkanes of at least 4 members (excludes halogenated alkanes) is 2. The van der Waals surface area contributed by atoms with E-state index in [4.69, 9.17) is 9.84 Å². The number of ether oxygens (including phenoxy) is 1. The number of hydrogen-bond acceptors (Lipinski definition) is 3. The minimum absolute atomic E-state index is 0.0297. The molecule has 17 heavy (non-hydrogen) atoms. The minimum Gasteiger partial charge on any atom is -0.478 e. The van der Waals surface area contributed by atoms with Crippen LogP contribution in [0.25, 0.3) is 0 Å². The summed E-state index contributed by atoms with van der Waals surface area (Å²) in [6.07, 6.45) is 6.55. The van der Waals surface area contributed by atoms with Gasteiger partial charge in [-0.3, -0.25) is 0 Å². The summed E-state index contributed by atoms with van der Waals surface area (Å²) in [6.45, 7) is 10.4. The summed E-state index contributed by atoms with van der Waals surface area (Å²) < 4.78 is 4.99. The molecule has 0 saturated carbocycles. The third-order valence-electron chi connectivity index (χ3n) is 1.87. The molecule has 4 nitrogen and oxygen atoms in total. The van der Waals surface area contributed by atoms with Crippen molar-refractivity contribution in [2.45, 2.75) is 45.6 Å². The van der Waals surface area contributed by atoms with Gasteiger partial charge in [0.15, 0.2) is 0 Å². The maximum Gasteiger partial charge on any atom is 0.330 e. The standard InChI is InChI=1S/C10H18O2.C3H4O2/c1-4-6-7-8-9(3)12-10(11)5-2;1-2-3(4)5/h5,9H,2,4,6-8H2,1,3H3;2H,1H2,(H,4,5). The zero-order valence-electron chi connectivity index (χ0n) is 10.6. The Kier molecular flexibility index (Phi) is 13.1. The van der Waals surface area contributed by atoms with Crippen molar-refractivity contribution in [3.63, 3.8) is 0 Å². The fraction of sp³-hybridized carbons (Fsp3) is 0.538. The summed E-state index contributed by atoms with van der Waals surface area (Å²) in [5.74, 6) is -1.30. The van der Waals surface area contributed by atoms with E-state index in [9.17, 15) is 9.59 Å². The molecule has 0 fully saturated rings. The van der Waals surface area contributed by atoms with Crippen LogP contribution < -0.4 is 0 Å². The first-order chi connectivity index (χ1) is 7.97. The molecule has 0 bridgehead atoms. The van der Waals surface area contributed by atoms with Gasteiger partial charge in [-0.25, -0.2) is 9.59 Å². The van der Waals surface area contributed by atoms with Crippen molar-refractivity contribution in [1.29, 1.82) is 0 Å². The topological polar surface area (TPSA) is 63.6 Å². The molecular weight excluding hydrogens is 220 g/mol. The van der Waals surface area contributed by atoms with Crippen molar-refractivity contribution in [2.75, 3.05) is 0 Å². The van der Waals surface area contributed by atoms with Gasteiger partial charge in [0.1, 0.15) is 0 Å². The van der Waals surface area contributed by atoms with E-state index in [1.807, 2.05) is 6.92 Å². The first kappa shape index (κ1) is 17.8. The SMILES string of the molecule is C=CC(=O)O.C=CC(=O)OC(C)CCCCC. The summed E-state index contributed by atoms with van der Waals surface area (Å²) in [7, 11) is 0. The van der Waals surface area contributed by atoms with Crippen molar-refractivity contribution < 1.29 is 19.4 Å². The first-order valence-corrected chi connectivity index (χ1v) is 5.66. The first-order valence-electron chi connectivity index (χ1n) is 5.66. The monoisotopic (exact) mass is 242 g/mol. The van der Waals surface area contributed by atoms with Gasteiger partial charge in [-0.2, -0.15) is 0 Å². The maximum absolute atomic E-state index is 10.7. The molecule has 0 aliphatic rings. The Morgan fingerprint density at radius 2 is 1.82 bits per heavy atom. The molecule has 0 amide bonds. The fourth-order valence-corrected chi connectivity index (χ4v) is 0.987. The highest BCUT2D eigenvalue weighted by atomic mass is 16.5. The van der Waals surface area contributed by atoms with E-state index in [2.05, 4.69) is 20.1 Å². The van der Waals surface area contributed by atoms with Crippen molar-refractivity contribution in [2.24, 2.45) is 0 Å². The van der Waals surface area contributed by atoms with Crippen LogP contribution in [0.1, 0.15) is 39.5 Å². The fourth-order valence-electron chi connectivity index (χ4n) is 0.987. The number of hydrogen-bond donors (Lipinski definition) is 1. The number of carbonyl (C=O) groups excluding carboxylic acids is 1. The molecule has 0 rings (SSSR count). The van der Waals surface area contributed by atoms with Gasteiger partial charge in [-0.1, -0.05) is 32.9 Å². The molecule has 98 valence electrons. The van der Waals surface area contributed by atoms with Crippen LogP contribution in [0.3, 0.4) is 0 Å². The van der Waals surface area contributed by atoms with Gasteiger partial charge in [0.05, 0.1) is 6.10 Å². The Labute approximate surface area is 103 Å². The van der Waals surface area contributed by atoms with Gasteiger partial charge >= 0.3 is 11.9 Å². The van der Waals surface area contributed by atoms with E-state index >= 15 is 0 Å². The summed E-state index contributed by atoms with van der Waals surface area (Å²) in [5.41, 5.74) is 0. The van der Waals surface area contributed by atoms with Crippen LogP contribution in [-0.4, -0.2) is 23.1 Å². The molecule has 0 aromatic heterocycles. The number of carboxylic acid groups (broad SMARTS) is 1. The Morgan fingerprint density at radius 1 is 1.29 bits per heavy atom. The number of carboxylic acids is 1. The van der Waals surface area contributed by atoms with Gasteiger partial charge in [-0.05, 0) is 19.8 Å². The highest BCUT2D eigenvalue weighted by molar-refractivity contribution is 5.81. The average Bonchev–Trinajstić information content (AvgIpc) is 2.30. The molecule has 0 aliphatic heterocycles. The predicted molar refractivity (Wildman–Crippen MR) is 67.7 cm³/mol. The zero-order chi connectivity index (χ0) is 13.7. The molecule has 1 atom stereocenters. The molecule has 1 unspecified atom stereocenters. The van der Waals surface area contributed by atoms with Gasteiger partial charge in [0.2, 0.25) is 0 Å². The van der Waals surface area contributed by atoms with E-state index < -0.39 is 5.97 Å². The second-order valence-electron chi connectivity index (χ2n) is 3.49. The summed E-state index contributed by atoms with van der Waals surface area (Å²) >= 11 is 0. The zero-order valence-corrected chi connectivity index (χ0v) is 10.6. The molecule has 0 heterocycles. The van der Waals surface area contributed by atoms with Gasteiger partial charge in [-0.15, -0.1) is 0 Å². The van der Waals surface area contributed by atoms with Crippen LogP contribution in [0, 0.1) is 0 Å². The second-order valence-corrected chi connectivity index (χ2v) is 3.49. The van der Waals surface area contributed by atoms with Gasteiger partial charge < -0.3 is 9.84 Å². The van der Waals surface area contributed by atoms with E-state index in [1.165, 1.54) is 18.9 Å². The largest absolute Gasteiger partial charge is 0.478 e. The summed E-state index contributed by atoms with van der Waals surface area (Å²) in [4.78, 5) is 20.0. The Morgan fingerprint density at radius 3 is 2.18 bits per heavy atom. The quantitative estimate of drug-likeness (QED) is 0.423. The molecule has 0 aromatic rings. The van der Waals surface area contributed by atoms with Crippen molar-refractivity contribution in [3.05, 3.63) is 25.3 Å². The Bertz CT molecular complexity index is 246. The summed E-state index contributed by atoms with van der Waals surface area (Å²) in [6, 6.07) is 0. The van der Waals surface area contributed by atoms with Crippen molar-refractivity contribution in [3.8, 4) is 0 Å². The lowest BCUT2D eigenvalue weighted by Crippen LogP contribution is -2.12. The highest BCUT2D eigenvalue weighted by Crippen LogP contribution is 2.06. The molecule has 0 aliphatic carbocycles. The third-order valence-corrected chi connectivity index (χ3v) is 1.87. The van der Waals surface area contributed by atoms with E-state index in [0.29, 0.717) is 0 Å². The van der Waals surface area contributed by atoms with E-state index in [0.717, 1.165) is 18.9 Å². The van der Waals surface area contributed by atoms with Gasteiger partial charge in [0.25, 0.3) is 0 Å². The van der Waals surface area contributed by atoms with Crippen LogP contribution >= 0.6 is 0 Å². The van der Waals surface area contributed by atoms with Crippen LogP contribution in [-0.2, 0) is 14.3 Å². The van der Waals surface area contributed by atoms with Crippen LogP contribution in [0.4, 0.5) is 0 Å². The second kappa shape index (κ2) is 12.5. The van der Waals surface area contributed by atoms with Crippen molar-refractivity contribution in [1.82, 2.24) is 0 Å². The van der Waals surface area contributed by atoms with Crippen LogP contribution in [0.2, 0.25) is 0 Å². The van der Waals surface area contributed by atoms with Crippen LogP contribution in [0.5, 0.6) is 0 Å². The lowest BCUT2D eigenvalue weighted by atomic mass is 10.1. The smallest absolute Gasteiger partial charge is 0.330 e. The van der Waals surface area contributed by atoms with E-state index in [-0.39, 0.29) is 12.1 Å². The molecule has 4 heteroatoms. The lowest BCUT2D eigenvalue weighted by Gasteiger charge is -2.10. The number of aliphatic carboxylic acids is 1. The number of esters is 1. The van der Waals surface area contributed by atoms with E-state index in [1.54, 1.807) is 0 Å². The number of carbonyl (C=O) groups is 2. The Hall–Kier alpha value is -1.58. The Balaban J connectivity index is 0. The molecule has 0 spiro atoms. The normalized spacial score (nSPS) is 10.5. The van der Waals surface area contributed by atoms with Crippen LogP contribution in [0.15, 0.2) is 25.3 Å². The molecule has 0 saturated heterocycles. The predicted octanol–water partition coefficient (Wildman–Crippen LogP) is 2.94. The van der Waals surface area contributed by atoms with Gasteiger partial charge in [0, 0.05) is 12.2 Å². The molecule has 0 aromatic carbocycles. The third kappa shape index (κ3) is 17.1.